The maximum atomic E-state index is 12.7. The van der Waals surface area contributed by atoms with Crippen LogP contribution >= 0.6 is 0 Å². The fourth-order valence-electron chi connectivity index (χ4n) is 2.35. The van der Waals surface area contributed by atoms with Crippen molar-refractivity contribution in [3.8, 4) is 0 Å². The smallest absolute Gasteiger partial charge is 0.329 e. The number of anilines is 1. The molecule has 0 spiro atoms. The fourth-order valence-corrected chi connectivity index (χ4v) is 4.12. The number of carbonyl (C=O) groups excluding carboxylic acids is 1. The van der Waals surface area contributed by atoms with Gasteiger partial charge in [0, 0.05) is 12.6 Å². The molecule has 7 heteroatoms. The number of nitrogens with zero attached hydrogens (tertiary/aromatic N) is 2. The molecule has 1 amide bonds. The lowest BCUT2D eigenvalue weighted by molar-refractivity contribution is 0.0830. The summed E-state index contributed by atoms with van der Waals surface area (Å²) in [7, 11) is -3.87. The van der Waals surface area contributed by atoms with E-state index in [1.54, 1.807) is 38.1 Å². The maximum Gasteiger partial charge on any atom is 0.329 e. The minimum atomic E-state index is -3.87. The Morgan fingerprint density at radius 2 is 1.90 bits per heavy atom. The van der Waals surface area contributed by atoms with Crippen LogP contribution in [0.2, 0.25) is 0 Å². The first-order valence-corrected chi connectivity index (χ1v) is 8.34. The van der Waals surface area contributed by atoms with E-state index >= 15 is 0 Å². The molecule has 0 N–H and O–H groups in total. The highest BCUT2D eigenvalue weighted by molar-refractivity contribution is 7.91. The summed E-state index contributed by atoms with van der Waals surface area (Å²) in [5, 5.41) is 0. The van der Waals surface area contributed by atoms with Crippen molar-refractivity contribution >= 4 is 21.8 Å². The minimum absolute atomic E-state index is 0.184. The third kappa shape index (κ3) is 2.75. The van der Waals surface area contributed by atoms with Gasteiger partial charge in [-0.3, -0.25) is 9.10 Å². The molecule has 1 aliphatic heterocycles. The van der Waals surface area contributed by atoms with Crippen LogP contribution in [0.4, 0.5) is 5.69 Å². The van der Waals surface area contributed by atoms with Crippen molar-refractivity contribution in [2.24, 2.45) is 0 Å². The molecule has 1 heterocycles. The summed E-state index contributed by atoms with van der Waals surface area (Å²) in [5.74, 6) is -0.478. The molecular formula is C14H20N2O4S. The summed E-state index contributed by atoms with van der Waals surface area (Å²) in [4.78, 5) is 12.4. The monoisotopic (exact) mass is 312 g/mol. The lowest BCUT2D eigenvalue weighted by Crippen LogP contribution is -2.54. The Kier molecular flexibility index (Phi) is 4.53. The van der Waals surface area contributed by atoms with E-state index in [1.807, 2.05) is 6.92 Å². The van der Waals surface area contributed by atoms with Gasteiger partial charge in [0.2, 0.25) is 0 Å². The number of fused-ring (bicyclic) bond motifs is 1. The third-order valence-electron chi connectivity index (χ3n) is 3.24. The molecule has 21 heavy (non-hydrogen) atoms. The van der Waals surface area contributed by atoms with Crippen molar-refractivity contribution in [2.45, 2.75) is 26.8 Å². The number of para-hydroxylation sites is 1. The topological polar surface area (TPSA) is 66.9 Å². The summed E-state index contributed by atoms with van der Waals surface area (Å²) >= 11 is 0. The van der Waals surface area contributed by atoms with Gasteiger partial charge in [-0.15, -0.1) is 0 Å². The van der Waals surface area contributed by atoms with E-state index in [9.17, 15) is 13.2 Å². The van der Waals surface area contributed by atoms with Gasteiger partial charge in [-0.1, -0.05) is 12.1 Å². The molecule has 0 fully saturated rings. The Balaban J connectivity index is 2.50. The van der Waals surface area contributed by atoms with E-state index in [0.29, 0.717) is 17.9 Å². The maximum absolute atomic E-state index is 12.7. The van der Waals surface area contributed by atoms with Crippen molar-refractivity contribution in [3.63, 3.8) is 0 Å². The van der Waals surface area contributed by atoms with Gasteiger partial charge >= 0.3 is 10.2 Å². The summed E-state index contributed by atoms with van der Waals surface area (Å²) in [6.45, 7) is 6.20. The Bertz CT molecular complexity index is 628. The number of rotatable bonds is 5. The number of benzene rings is 1. The van der Waals surface area contributed by atoms with E-state index in [0.717, 1.165) is 4.31 Å². The molecule has 0 unspecified atom stereocenters. The molecule has 6 nitrogen and oxygen atoms in total. The molecule has 0 aliphatic carbocycles. The molecular weight excluding hydrogens is 292 g/mol. The van der Waals surface area contributed by atoms with Crippen molar-refractivity contribution < 1.29 is 17.9 Å². The number of ether oxygens (including phenoxy) is 1. The highest BCUT2D eigenvalue weighted by Crippen LogP contribution is 2.32. The van der Waals surface area contributed by atoms with Crippen LogP contribution < -0.4 is 4.31 Å². The summed E-state index contributed by atoms with van der Waals surface area (Å²) in [6.07, 6.45) is 0. The Morgan fingerprint density at radius 3 is 2.52 bits per heavy atom. The molecule has 0 saturated heterocycles. The second kappa shape index (κ2) is 6.03. The summed E-state index contributed by atoms with van der Waals surface area (Å²) < 4.78 is 32.8. The summed E-state index contributed by atoms with van der Waals surface area (Å²) in [5.41, 5.74) is 0.816. The van der Waals surface area contributed by atoms with E-state index in [1.165, 1.54) is 4.31 Å². The molecule has 0 aromatic heterocycles. The van der Waals surface area contributed by atoms with Crippen molar-refractivity contribution in [2.75, 3.05) is 24.1 Å². The zero-order valence-corrected chi connectivity index (χ0v) is 13.3. The largest absolute Gasteiger partial charge is 0.380 e. The van der Waals surface area contributed by atoms with Crippen LogP contribution in [0.15, 0.2) is 24.3 Å². The van der Waals surface area contributed by atoms with Crippen LogP contribution in [-0.4, -0.2) is 44.4 Å². The summed E-state index contributed by atoms with van der Waals surface area (Å²) in [6, 6.07) is 6.31. The second-order valence-corrected chi connectivity index (χ2v) is 6.72. The Labute approximate surface area is 125 Å². The van der Waals surface area contributed by atoms with Crippen LogP contribution in [0.1, 0.15) is 31.1 Å². The van der Waals surface area contributed by atoms with Gasteiger partial charge in [-0.25, -0.2) is 4.31 Å². The molecule has 0 atom stereocenters. The van der Waals surface area contributed by atoms with Gasteiger partial charge in [0.15, 0.2) is 0 Å². The van der Waals surface area contributed by atoms with Crippen LogP contribution in [0.25, 0.3) is 0 Å². The molecule has 1 aliphatic rings. The number of hydrogen-bond acceptors (Lipinski definition) is 4. The average Bonchev–Trinajstić information content (AvgIpc) is 2.41. The molecule has 0 radical (unpaired) electrons. The zero-order chi connectivity index (χ0) is 15.6. The highest BCUT2D eigenvalue weighted by atomic mass is 32.2. The average molecular weight is 312 g/mol. The Morgan fingerprint density at radius 1 is 1.24 bits per heavy atom. The lowest BCUT2D eigenvalue weighted by Gasteiger charge is -2.38. The number of hydrogen-bond donors (Lipinski definition) is 0. The van der Waals surface area contributed by atoms with E-state index in [4.69, 9.17) is 4.74 Å². The van der Waals surface area contributed by atoms with Gasteiger partial charge < -0.3 is 4.74 Å². The molecule has 0 bridgehead atoms. The molecule has 116 valence electrons. The predicted molar refractivity (Wildman–Crippen MR) is 80.5 cm³/mol. The van der Waals surface area contributed by atoms with Gasteiger partial charge in [-0.05, 0) is 32.9 Å². The Hall–Kier alpha value is -1.60. The normalized spacial score (nSPS) is 17.2. The molecule has 1 aromatic carbocycles. The van der Waals surface area contributed by atoms with Crippen LogP contribution in [0.5, 0.6) is 0 Å². The first-order valence-electron chi connectivity index (χ1n) is 6.94. The first-order chi connectivity index (χ1) is 9.91. The zero-order valence-electron chi connectivity index (χ0n) is 12.4. The third-order valence-corrected chi connectivity index (χ3v) is 5.26. The van der Waals surface area contributed by atoms with Crippen LogP contribution in [0, 0.1) is 0 Å². The van der Waals surface area contributed by atoms with E-state index in [-0.39, 0.29) is 13.2 Å². The second-order valence-electron chi connectivity index (χ2n) is 4.99. The van der Waals surface area contributed by atoms with Gasteiger partial charge in [0.25, 0.3) is 5.91 Å². The van der Waals surface area contributed by atoms with Crippen molar-refractivity contribution in [3.05, 3.63) is 29.8 Å². The van der Waals surface area contributed by atoms with Gasteiger partial charge in [-0.2, -0.15) is 8.42 Å². The van der Waals surface area contributed by atoms with Crippen molar-refractivity contribution in [1.82, 2.24) is 4.31 Å². The van der Waals surface area contributed by atoms with E-state index in [2.05, 4.69) is 0 Å². The highest BCUT2D eigenvalue weighted by Gasteiger charge is 2.42. The molecule has 0 saturated carbocycles. The fraction of sp³-hybridized carbons (Fsp3) is 0.500. The SMILES string of the molecule is CCOCCN1c2ccccc2C(=O)N(C(C)C)S1(=O)=O. The molecule has 2 rings (SSSR count). The van der Waals surface area contributed by atoms with Crippen LogP contribution in [-0.2, 0) is 14.9 Å². The number of amides is 1. The van der Waals surface area contributed by atoms with E-state index < -0.39 is 22.2 Å². The molecule has 1 aromatic rings. The predicted octanol–water partition coefficient (Wildman–Crippen LogP) is 1.64. The van der Waals surface area contributed by atoms with Gasteiger partial charge in [0.1, 0.15) is 0 Å². The minimum Gasteiger partial charge on any atom is -0.380 e. The first kappa shape index (κ1) is 15.8. The lowest BCUT2D eigenvalue weighted by atomic mass is 10.1. The standard InChI is InChI=1S/C14H20N2O4S/c1-4-20-10-9-15-13-8-6-5-7-12(13)14(17)16(11(2)3)21(15,18)19/h5-8,11H,4,9-10H2,1-3H3. The van der Waals surface area contributed by atoms with Crippen molar-refractivity contribution in [1.29, 1.82) is 0 Å². The number of carbonyl (C=O) groups is 1. The van der Waals surface area contributed by atoms with Crippen LogP contribution in [0.3, 0.4) is 0 Å². The quantitative estimate of drug-likeness (QED) is 0.775. The van der Waals surface area contributed by atoms with Gasteiger partial charge in [0.05, 0.1) is 24.4 Å².